The molecule has 2 nitrogen and oxygen atoms in total. The fourth-order valence-electron chi connectivity index (χ4n) is 1.83. The van der Waals surface area contributed by atoms with Gasteiger partial charge in [0.05, 0.1) is 18.8 Å². The minimum atomic E-state index is -0.128. The second-order valence-electron chi connectivity index (χ2n) is 4.73. The molecule has 0 aliphatic heterocycles. The average molecular weight is 202 g/mol. The van der Waals surface area contributed by atoms with Crippen LogP contribution < -0.4 is 0 Å². The van der Waals surface area contributed by atoms with Crippen LogP contribution in [-0.4, -0.2) is 23.9 Å². The molecule has 2 unspecified atom stereocenters. The van der Waals surface area contributed by atoms with Crippen LogP contribution in [0.25, 0.3) is 0 Å². The molecule has 0 spiro atoms. The van der Waals surface area contributed by atoms with E-state index in [1.165, 1.54) is 12.8 Å². The van der Waals surface area contributed by atoms with Gasteiger partial charge >= 0.3 is 0 Å². The lowest BCUT2D eigenvalue weighted by Crippen LogP contribution is -2.37. The van der Waals surface area contributed by atoms with E-state index in [2.05, 4.69) is 34.6 Å². The van der Waals surface area contributed by atoms with Crippen molar-refractivity contribution in [1.29, 1.82) is 0 Å². The normalized spacial score (nSPS) is 16.7. The van der Waals surface area contributed by atoms with E-state index in [0.717, 1.165) is 0 Å². The molecule has 2 atom stereocenters. The molecule has 0 saturated carbocycles. The maximum Gasteiger partial charge on any atom is 0.0705 e. The molecule has 0 aromatic rings. The highest BCUT2D eigenvalue weighted by atomic mass is 16.5. The summed E-state index contributed by atoms with van der Waals surface area (Å²) in [4.78, 5) is 0. The smallest absolute Gasteiger partial charge is 0.0705 e. The summed E-state index contributed by atoms with van der Waals surface area (Å²) in [5.74, 6) is 1.20. The molecule has 2 heteroatoms. The van der Waals surface area contributed by atoms with E-state index in [0.29, 0.717) is 18.4 Å². The van der Waals surface area contributed by atoms with Gasteiger partial charge in [-0.3, -0.25) is 0 Å². The van der Waals surface area contributed by atoms with Gasteiger partial charge in [0.2, 0.25) is 0 Å². The first-order chi connectivity index (χ1) is 6.45. The summed E-state index contributed by atoms with van der Waals surface area (Å²) in [6.45, 7) is 11.5. The highest BCUT2D eigenvalue weighted by Crippen LogP contribution is 2.30. The lowest BCUT2D eigenvalue weighted by Gasteiger charge is -2.35. The van der Waals surface area contributed by atoms with E-state index in [1.807, 2.05) is 0 Å². The Morgan fingerprint density at radius 1 is 1.29 bits per heavy atom. The predicted molar refractivity (Wildman–Crippen MR) is 60.4 cm³/mol. The zero-order valence-electron chi connectivity index (χ0n) is 10.3. The largest absolute Gasteiger partial charge is 0.394 e. The summed E-state index contributed by atoms with van der Waals surface area (Å²) in [6, 6.07) is 0. The average Bonchev–Trinajstić information content (AvgIpc) is 2.14. The number of aliphatic hydroxyl groups excluding tert-OH is 1. The van der Waals surface area contributed by atoms with Crippen molar-refractivity contribution in [2.45, 2.75) is 53.1 Å². The number of hydrogen-bond acceptors (Lipinski definition) is 2. The van der Waals surface area contributed by atoms with E-state index in [-0.39, 0.29) is 12.2 Å². The second kappa shape index (κ2) is 6.41. The highest BCUT2D eigenvalue weighted by molar-refractivity contribution is 4.79. The van der Waals surface area contributed by atoms with Crippen molar-refractivity contribution >= 4 is 0 Å². The van der Waals surface area contributed by atoms with Gasteiger partial charge in [-0.15, -0.1) is 0 Å². The third-order valence-corrected chi connectivity index (χ3v) is 3.26. The van der Waals surface area contributed by atoms with E-state index >= 15 is 0 Å². The van der Waals surface area contributed by atoms with Crippen LogP contribution in [-0.2, 0) is 4.74 Å². The Balaban J connectivity index is 4.10. The van der Waals surface area contributed by atoms with Gasteiger partial charge in [-0.1, -0.05) is 33.6 Å². The van der Waals surface area contributed by atoms with Crippen LogP contribution in [0.4, 0.5) is 0 Å². The van der Waals surface area contributed by atoms with Gasteiger partial charge in [0.15, 0.2) is 0 Å². The van der Waals surface area contributed by atoms with Gasteiger partial charge in [-0.05, 0) is 25.7 Å². The lowest BCUT2D eigenvalue weighted by molar-refractivity contribution is -0.0803. The number of aliphatic hydroxyl groups is 1. The van der Waals surface area contributed by atoms with Gasteiger partial charge in [0, 0.05) is 0 Å². The first-order valence-electron chi connectivity index (χ1n) is 5.70. The first-order valence-corrected chi connectivity index (χ1v) is 5.70. The summed E-state index contributed by atoms with van der Waals surface area (Å²) >= 11 is 0. The van der Waals surface area contributed by atoms with Gasteiger partial charge in [-0.2, -0.15) is 0 Å². The van der Waals surface area contributed by atoms with Crippen LogP contribution in [0.3, 0.4) is 0 Å². The van der Waals surface area contributed by atoms with Crippen LogP contribution >= 0.6 is 0 Å². The molecule has 0 bridgehead atoms. The third-order valence-electron chi connectivity index (χ3n) is 3.26. The monoisotopic (exact) mass is 202 g/mol. The summed E-state index contributed by atoms with van der Waals surface area (Å²) in [6.07, 6.45) is 2.47. The first kappa shape index (κ1) is 13.9. The molecule has 14 heavy (non-hydrogen) atoms. The molecular formula is C12H26O2. The SMILES string of the molecule is CCCC(C)C(C)C(C)(C)OCCO. The minimum Gasteiger partial charge on any atom is -0.394 e. The van der Waals surface area contributed by atoms with E-state index in [9.17, 15) is 0 Å². The highest BCUT2D eigenvalue weighted by Gasteiger charge is 2.30. The quantitative estimate of drug-likeness (QED) is 0.688. The summed E-state index contributed by atoms with van der Waals surface area (Å²) in [5.41, 5.74) is -0.128. The molecule has 0 aliphatic rings. The van der Waals surface area contributed by atoms with E-state index in [1.54, 1.807) is 0 Å². The Morgan fingerprint density at radius 3 is 2.29 bits per heavy atom. The zero-order chi connectivity index (χ0) is 11.2. The third kappa shape index (κ3) is 4.43. The van der Waals surface area contributed by atoms with Crippen LogP contribution in [0.2, 0.25) is 0 Å². The van der Waals surface area contributed by atoms with Crippen LogP contribution in [0.5, 0.6) is 0 Å². The van der Waals surface area contributed by atoms with Gasteiger partial charge in [-0.25, -0.2) is 0 Å². The number of rotatable bonds is 7. The summed E-state index contributed by atoms with van der Waals surface area (Å²) < 4.78 is 5.66. The number of ether oxygens (including phenoxy) is 1. The molecule has 0 heterocycles. The molecule has 0 rings (SSSR count). The maximum atomic E-state index is 8.73. The maximum absolute atomic E-state index is 8.73. The summed E-state index contributed by atoms with van der Waals surface area (Å²) in [5, 5.41) is 8.73. The van der Waals surface area contributed by atoms with Crippen LogP contribution in [0.1, 0.15) is 47.5 Å². The Labute approximate surface area is 88.7 Å². The molecule has 0 amide bonds. The fourth-order valence-corrected chi connectivity index (χ4v) is 1.83. The molecule has 0 saturated heterocycles. The van der Waals surface area contributed by atoms with Gasteiger partial charge in [0.1, 0.15) is 0 Å². The molecule has 86 valence electrons. The zero-order valence-corrected chi connectivity index (χ0v) is 10.3. The molecule has 0 aromatic carbocycles. The van der Waals surface area contributed by atoms with Crippen molar-refractivity contribution in [1.82, 2.24) is 0 Å². The van der Waals surface area contributed by atoms with Crippen LogP contribution in [0, 0.1) is 11.8 Å². The Kier molecular flexibility index (Phi) is 6.38. The Morgan fingerprint density at radius 2 is 1.86 bits per heavy atom. The van der Waals surface area contributed by atoms with Crippen molar-refractivity contribution in [3.05, 3.63) is 0 Å². The molecular weight excluding hydrogens is 176 g/mol. The lowest BCUT2D eigenvalue weighted by atomic mass is 9.80. The Hall–Kier alpha value is -0.0800. The van der Waals surface area contributed by atoms with Crippen LogP contribution in [0.15, 0.2) is 0 Å². The van der Waals surface area contributed by atoms with Crippen molar-refractivity contribution < 1.29 is 9.84 Å². The van der Waals surface area contributed by atoms with Gasteiger partial charge in [0.25, 0.3) is 0 Å². The van der Waals surface area contributed by atoms with Gasteiger partial charge < -0.3 is 9.84 Å². The van der Waals surface area contributed by atoms with Crippen molar-refractivity contribution in [3.63, 3.8) is 0 Å². The minimum absolute atomic E-state index is 0.109. The number of hydrogen-bond donors (Lipinski definition) is 1. The standard InChI is InChI=1S/C12H26O2/c1-6-7-10(2)11(3)12(4,5)14-9-8-13/h10-11,13H,6-9H2,1-5H3. The second-order valence-corrected chi connectivity index (χ2v) is 4.73. The Bertz CT molecular complexity index is 143. The van der Waals surface area contributed by atoms with E-state index in [4.69, 9.17) is 9.84 Å². The molecule has 0 aromatic heterocycles. The fraction of sp³-hybridized carbons (Fsp3) is 1.00. The van der Waals surface area contributed by atoms with Crippen molar-refractivity contribution in [2.24, 2.45) is 11.8 Å². The molecule has 1 N–H and O–H groups in total. The predicted octanol–water partition coefficient (Wildman–Crippen LogP) is 2.85. The molecule has 0 fully saturated rings. The molecule has 0 radical (unpaired) electrons. The topological polar surface area (TPSA) is 29.5 Å². The van der Waals surface area contributed by atoms with E-state index < -0.39 is 0 Å². The molecule has 0 aliphatic carbocycles. The van der Waals surface area contributed by atoms with Crippen molar-refractivity contribution in [2.75, 3.05) is 13.2 Å². The summed E-state index contributed by atoms with van der Waals surface area (Å²) in [7, 11) is 0. The van der Waals surface area contributed by atoms with Crippen molar-refractivity contribution in [3.8, 4) is 0 Å².